The monoisotopic (exact) mass is 439 g/mol. The number of amides is 1. The van der Waals surface area contributed by atoms with Crippen molar-refractivity contribution in [2.75, 3.05) is 0 Å². The molecule has 0 spiro atoms. The van der Waals surface area contributed by atoms with Gasteiger partial charge in [-0.15, -0.1) is 0 Å². The summed E-state index contributed by atoms with van der Waals surface area (Å²) in [6, 6.07) is 11.6. The van der Waals surface area contributed by atoms with Crippen molar-refractivity contribution in [1.82, 2.24) is 5.32 Å². The summed E-state index contributed by atoms with van der Waals surface area (Å²) in [4.78, 5) is 23.8. The molecule has 4 nitrogen and oxygen atoms in total. The van der Waals surface area contributed by atoms with Crippen LogP contribution in [0, 0.1) is 6.92 Å². The van der Waals surface area contributed by atoms with Crippen LogP contribution in [0.2, 0.25) is 0 Å². The first kappa shape index (κ1) is 17.7. The number of aryl methyl sites for hydroxylation is 1. The number of hydrogen-bond donors (Lipinski definition) is 2. The molecular formula is C17H15Br2NO3. The van der Waals surface area contributed by atoms with E-state index in [2.05, 4.69) is 37.2 Å². The molecular weight excluding hydrogens is 426 g/mol. The van der Waals surface area contributed by atoms with E-state index in [1.807, 2.05) is 31.2 Å². The standard InChI is InChI=1S/C17H15Br2NO3/c1-10-4-2-3-5-11(10)8-15(17(22)23)20-16(21)12-6-13(18)9-14(19)7-12/h2-7,9,15H,8H2,1H3,(H,20,21)(H,22,23)/t15-/m1/s1. The Labute approximate surface area is 151 Å². The molecule has 0 aliphatic rings. The Morgan fingerprint density at radius 1 is 1.13 bits per heavy atom. The topological polar surface area (TPSA) is 66.4 Å². The Morgan fingerprint density at radius 3 is 2.30 bits per heavy atom. The first-order valence-corrected chi connectivity index (χ1v) is 8.49. The van der Waals surface area contributed by atoms with Crippen molar-refractivity contribution in [1.29, 1.82) is 0 Å². The van der Waals surface area contributed by atoms with Crippen LogP contribution in [0.4, 0.5) is 0 Å². The van der Waals surface area contributed by atoms with E-state index in [1.54, 1.807) is 18.2 Å². The number of carboxylic acid groups (broad SMARTS) is 1. The fourth-order valence-electron chi connectivity index (χ4n) is 2.19. The van der Waals surface area contributed by atoms with Gasteiger partial charge >= 0.3 is 5.97 Å². The van der Waals surface area contributed by atoms with Crippen molar-refractivity contribution in [3.05, 3.63) is 68.1 Å². The number of halogens is 2. The van der Waals surface area contributed by atoms with Crippen LogP contribution in [-0.2, 0) is 11.2 Å². The molecule has 0 fully saturated rings. The van der Waals surface area contributed by atoms with Gasteiger partial charge in [-0.1, -0.05) is 56.1 Å². The molecule has 120 valence electrons. The number of rotatable bonds is 5. The summed E-state index contributed by atoms with van der Waals surface area (Å²) in [6.07, 6.45) is 0.239. The van der Waals surface area contributed by atoms with Crippen molar-refractivity contribution in [3.63, 3.8) is 0 Å². The van der Waals surface area contributed by atoms with Gasteiger partial charge in [0.1, 0.15) is 6.04 Å². The summed E-state index contributed by atoms with van der Waals surface area (Å²) in [5.41, 5.74) is 2.29. The van der Waals surface area contributed by atoms with Gasteiger partial charge in [0.05, 0.1) is 0 Å². The molecule has 0 saturated heterocycles. The molecule has 0 aromatic heterocycles. The molecule has 2 N–H and O–H groups in total. The SMILES string of the molecule is Cc1ccccc1C[C@@H](NC(=O)c1cc(Br)cc(Br)c1)C(=O)O. The van der Waals surface area contributed by atoms with E-state index in [1.165, 1.54) is 0 Å². The summed E-state index contributed by atoms with van der Waals surface area (Å²) in [5, 5.41) is 12.0. The third-order valence-corrected chi connectivity index (χ3v) is 4.33. The lowest BCUT2D eigenvalue weighted by molar-refractivity contribution is -0.139. The molecule has 1 atom stereocenters. The Kier molecular flexibility index (Phi) is 5.96. The number of carbonyl (C=O) groups excluding carboxylic acids is 1. The molecule has 0 unspecified atom stereocenters. The summed E-state index contributed by atoms with van der Waals surface area (Å²) >= 11 is 6.63. The van der Waals surface area contributed by atoms with Crippen LogP contribution < -0.4 is 5.32 Å². The normalized spacial score (nSPS) is 11.8. The number of carboxylic acids is 1. The van der Waals surface area contributed by atoms with Crippen molar-refractivity contribution >= 4 is 43.7 Å². The number of benzene rings is 2. The minimum Gasteiger partial charge on any atom is -0.480 e. The third kappa shape index (κ3) is 4.91. The van der Waals surface area contributed by atoms with Crippen LogP contribution >= 0.6 is 31.9 Å². The lowest BCUT2D eigenvalue weighted by atomic mass is 10.0. The average molecular weight is 441 g/mol. The highest BCUT2D eigenvalue weighted by Crippen LogP contribution is 2.20. The first-order chi connectivity index (χ1) is 10.9. The zero-order chi connectivity index (χ0) is 17.0. The highest BCUT2D eigenvalue weighted by atomic mass is 79.9. The highest BCUT2D eigenvalue weighted by molar-refractivity contribution is 9.11. The maximum Gasteiger partial charge on any atom is 0.326 e. The van der Waals surface area contributed by atoms with E-state index in [-0.39, 0.29) is 6.42 Å². The molecule has 1 amide bonds. The second-order valence-corrected chi connectivity index (χ2v) is 6.98. The number of aliphatic carboxylic acids is 1. The zero-order valence-electron chi connectivity index (χ0n) is 12.3. The van der Waals surface area contributed by atoms with Crippen molar-refractivity contribution < 1.29 is 14.7 Å². The predicted molar refractivity (Wildman–Crippen MR) is 95.6 cm³/mol. The molecule has 2 aromatic carbocycles. The minimum absolute atomic E-state index is 0.239. The van der Waals surface area contributed by atoms with Gasteiger partial charge in [0.15, 0.2) is 0 Å². The molecule has 2 rings (SSSR count). The van der Waals surface area contributed by atoms with Crippen molar-refractivity contribution in [2.24, 2.45) is 0 Å². The van der Waals surface area contributed by atoms with Crippen molar-refractivity contribution in [3.8, 4) is 0 Å². The number of carbonyl (C=O) groups is 2. The van der Waals surface area contributed by atoms with E-state index in [9.17, 15) is 14.7 Å². The quantitative estimate of drug-likeness (QED) is 0.739. The maximum atomic E-state index is 12.3. The van der Waals surface area contributed by atoms with Gasteiger partial charge in [-0.05, 0) is 36.2 Å². The second kappa shape index (κ2) is 7.75. The van der Waals surface area contributed by atoms with Gasteiger partial charge in [0.25, 0.3) is 5.91 Å². The van der Waals surface area contributed by atoms with Gasteiger partial charge in [0.2, 0.25) is 0 Å². The van der Waals surface area contributed by atoms with Gasteiger partial charge in [-0.2, -0.15) is 0 Å². The van der Waals surface area contributed by atoms with E-state index in [0.717, 1.165) is 20.1 Å². The van der Waals surface area contributed by atoms with E-state index >= 15 is 0 Å². The van der Waals surface area contributed by atoms with Crippen LogP contribution in [0.25, 0.3) is 0 Å². The summed E-state index contributed by atoms with van der Waals surface area (Å²) in [6.45, 7) is 1.92. The molecule has 0 radical (unpaired) electrons. The lowest BCUT2D eigenvalue weighted by Crippen LogP contribution is -2.42. The van der Waals surface area contributed by atoms with Crippen LogP contribution in [0.1, 0.15) is 21.5 Å². The fourth-order valence-corrected chi connectivity index (χ4v) is 3.48. The van der Waals surface area contributed by atoms with Gasteiger partial charge in [-0.25, -0.2) is 4.79 Å². The van der Waals surface area contributed by atoms with Crippen LogP contribution in [0.5, 0.6) is 0 Å². The third-order valence-electron chi connectivity index (χ3n) is 3.41. The molecule has 0 saturated carbocycles. The van der Waals surface area contributed by atoms with E-state index in [4.69, 9.17) is 0 Å². The molecule has 0 aliphatic carbocycles. The summed E-state index contributed by atoms with van der Waals surface area (Å²) in [7, 11) is 0. The molecule has 0 heterocycles. The maximum absolute atomic E-state index is 12.3. The molecule has 23 heavy (non-hydrogen) atoms. The Balaban J connectivity index is 2.18. The number of nitrogens with one attached hydrogen (secondary N) is 1. The average Bonchev–Trinajstić information content (AvgIpc) is 2.47. The van der Waals surface area contributed by atoms with E-state index in [0.29, 0.717) is 5.56 Å². The molecule has 0 bridgehead atoms. The lowest BCUT2D eigenvalue weighted by Gasteiger charge is -2.16. The summed E-state index contributed by atoms with van der Waals surface area (Å²) in [5.74, 6) is -1.48. The van der Waals surface area contributed by atoms with E-state index < -0.39 is 17.9 Å². The first-order valence-electron chi connectivity index (χ1n) is 6.91. The predicted octanol–water partition coefficient (Wildman–Crippen LogP) is 3.95. The van der Waals surface area contributed by atoms with Crippen LogP contribution in [0.15, 0.2) is 51.4 Å². The summed E-state index contributed by atoms with van der Waals surface area (Å²) < 4.78 is 1.48. The van der Waals surface area contributed by atoms with Gasteiger partial charge in [0, 0.05) is 20.9 Å². The highest BCUT2D eigenvalue weighted by Gasteiger charge is 2.22. The number of hydrogen-bond acceptors (Lipinski definition) is 2. The van der Waals surface area contributed by atoms with Crippen LogP contribution in [0.3, 0.4) is 0 Å². The van der Waals surface area contributed by atoms with Crippen molar-refractivity contribution in [2.45, 2.75) is 19.4 Å². The fraction of sp³-hybridized carbons (Fsp3) is 0.176. The van der Waals surface area contributed by atoms with Gasteiger partial charge < -0.3 is 10.4 Å². The largest absolute Gasteiger partial charge is 0.480 e. The molecule has 6 heteroatoms. The Bertz CT molecular complexity index is 726. The smallest absolute Gasteiger partial charge is 0.326 e. The second-order valence-electron chi connectivity index (χ2n) is 5.15. The van der Waals surface area contributed by atoms with Crippen LogP contribution in [-0.4, -0.2) is 23.0 Å². The Hall–Kier alpha value is -1.66. The molecule has 0 aliphatic heterocycles. The molecule has 2 aromatic rings. The Morgan fingerprint density at radius 2 is 1.74 bits per heavy atom. The van der Waals surface area contributed by atoms with Gasteiger partial charge in [-0.3, -0.25) is 4.79 Å². The minimum atomic E-state index is -1.06. The zero-order valence-corrected chi connectivity index (χ0v) is 15.5.